The van der Waals surface area contributed by atoms with Gasteiger partial charge in [0.25, 0.3) is 0 Å². The van der Waals surface area contributed by atoms with E-state index in [4.69, 9.17) is 0 Å². The van der Waals surface area contributed by atoms with Gasteiger partial charge in [0, 0.05) is 31.7 Å². The van der Waals surface area contributed by atoms with Crippen LogP contribution in [0.3, 0.4) is 0 Å². The molecule has 0 bridgehead atoms. The molecule has 1 aromatic rings. The smallest absolute Gasteiger partial charge is 0.310 e. The highest BCUT2D eigenvalue weighted by molar-refractivity contribution is 5.24. The number of rotatable bonds is 4. The largest absolute Gasteiger partial charge is 0.416 e. The Bertz CT molecular complexity index is 451. The van der Waals surface area contributed by atoms with Crippen molar-refractivity contribution in [2.75, 3.05) is 13.1 Å². The first kappa shape index (κ1) is 13.9. The van der Waals surface area contributed by atoms with Crippen LogP contribution in [0.25, 0.3) is 0 Å². The fourth-order valence-corrected chi connectivity index (χ4v) is 2.75. The fraction of sp³-hybridized carbons (Fsp3) is 0.600. The molecule has 0 amide bonds. The van der Waals surface area contributed by atoms with E-state index in [2.05, 4.69) is 10.2 Å². The third-order valence-electron chi connectivity index (χ3n) is 4.01. The topological polar surface area (TPSA) is 15.3 Å². The molecule has 1 unspecified atom stereocenters. The molecule has 1 heterocycles. The van der Waals surface area contributed by atoms with Gasteiger partial charge < -0.3 is 5.32 Å². The first-order valence-corrected chi connectivity index (χ1v) is 7.15. The number of nitrogens with one attached hydrogen (secondary N) is 1. The van der Waals surface area contributed by atoms with Crippen molar-refractivity contribution >= 4 is 0 Å². The van der Waals surface area contributed by atoms with Crippen LogP contribution in [0.15, 0.2) is 24.3 Å². The lowest BCUT2D eigenvalue weighted by atomic mass is 10.1. The Hall–Kier alpha value is -1.07. The van der Waals surface area contributed by atoms with Crippen LogP contribution >= 0.6 is 0 Å². The third kappa shape index (κ3) is 3.52. The molecular weight excluding hydrogens is 265 g/mol. The van der Waals surface area contributed by atoms with Crippen molar-refractivity contribution in [2.45, 2.75) is 44.1 Å². The lowest BCUT2D eigenvalue weighted by Gasteiger charge is -2.17. The highest BCUT2D eigenvalue weighted by atomic mass is 19.4. The Kier molecular flexibility index (Phi) is 3.73. The summed E-state index contributed by atoms with van der Waals surface area (Å²) in [6.07, 6.45) is -0.534. The molecule has 1 saturated heterocycles. The molecule has 0 spiro atoms. The van der Waals surface area contributed by atoms with Gasteiger partial charge in [-0.05, 0) is 37.0 Å². The average molecular weight is 284 g/mol. The monoisotopic (exact) mass is 284 g/mol. The summed E-state index contributed by atoms with van der Waals surface area (Å²) in [4.78, 5) is 2.31. The second-order valence-electron chi connectivity index (χ2n) is 5.86. The molecule has 2 aliphatic rings. The zero-order chi connectivity index (χ0) is 14.2. The Morgan fingerprint density at radius 3 is 2.35 bits per heavy atom. The maximum Gasteiger partial charge on any atom is 0.416 e. The van der Waals surface area contributed by atoms with Gasteiger partial charge in [-0.25, -0.2) is 0 Å². The summed E-state index contributed by atoms with van der Waals surface area (Å²) in [7, 11) is 0. The van der Waals surface area contributed by atoms with Crippen LogP contribution < -0.4 is 5.32 Å². The number of hydrogen-bond acceptors (Lipinski definition) is 2. The molecule has 20 heavy (non-hydrogen) atoms. The molecule has 3 rings (SSSR count). The maximum absolute atomic E-state index is 12.5. The van der Waals surface area contributed by atoms with Crippen molar-refractivity contribution in [1.82, 2.24) is 10.2 Å². The minimum absolute atomic E-state index is 0.553. The third-order valence-corrected chi connectivity index (χ3v) is 4.01. The van der Waals surface area contributed by atoms with Crippen molar-refractivity contribution < 1.29 is 13.2 Å². The van der Waals surface area contributed by atoms with Gasteiger partial charge in [-0.2, -0.15) is 13.2 Å². The van der Waals surface area contributed by atoms with Gasteiger partial charge in [-0.15, -0.1) is 0 Å². The van der Waals surface area contributed by atoms with Crippen LogP contribution in [0.1, 0.15) is 30.4 Å². The summed E-state index contributed by atoms with van der Waals surface area (Å²) in [5.74, 6) is 0. The Morgan fingerprint density at radius 1 is 1.05 bits per heavy atom. The predicted molar refractivity (Wildman–Crippen MR) is 71.3 cm³/mol. The zero-order valence-corrected chi connectivity index (χ0v) is 11.3. The summed E-state index contributed by atoms with van der Waals surface area (Å²) in [6, 6.07) is 6.79. The second-order valence-corrected chi connectivity index (χ2v) is 5.86. The van der Waals surface area contributed by atoms with Gasteiger partial charge >= 0.3 is 6.18 Å². The molecule has 1 saturated carbocycles. The van der Waals surface area contributed by atoms with Crippen LogP contribution in [0, 0.1) is 0 Å². The summed E-state index contributed by atoms with van der Waals surface area (Å²) in [5, 5.41) is 3.61. The maximum atomic E-state index is 12.5. The van der Waals surface area contributed by atoms with Crippen molar-refractivity contribution in [2.24, 2.45) is 0 Å². The number of nitrogens with zero attached hydrogens (tertiary/aromatic N) is 1. The molecular formula is C15H19F3N2. The molecule has 2 fully saturated rings. The number of likely N-dealkylation sites (tertiary alicyclic amines) is 1. The fourth-order valence-electron chi connectivity index (χ4n) is 2.75. The number of benzene rings is 1. The number of hydrogen-bond donors (Lipinski definition) is 1. The molecule has 1 atom stereocenters. The zero-order valence-electron chi connectivity index (χ0n) is 11.3. The van der Waals surface area contributed by atoms with E-state index < -0.39 is 11.7 Å². The summed E-state index contributed by atoms with van der Waals surface area (Å²) in [6.45, 7) is 2.75. The Morgan fingerprint density at radius 2 is 1.75 bits per heavy atom. The molecule has 1 aliphatic heterocycles. The van der Waals surface area contributed by atoms with Gasteiger partial charge in [0.2, 0.25) is 0 Å². The van der Waals surface area contributed by atoms with E-state index in [1.807, 2.05) is 0 Å². The van der Waals surface area contributed by atoms with Crippen molar-refractivity contribution in [3.8, 4) is 0 Å². The molecule has 5 heteroatoms. The SMILES string of the molecule is FC(F)(F)c1ccc(CN2CCC(NC3CC3)C2)cc1. The molecule has 0 radical (unpaired) electrons. The van der Waals surface area contributed by atoms with Gasteiger partial charge in [0.05, 0.1) is 5.56 Å². The summed E-state index contributed by atoms with van der Waals surface area (Å²) < 4.78 is 37.5. The molecule has 0 aromatic heterocycles. The van der Waals surface area contributed by atoms with E-state index in [1.54, 1.807) is 12.1 Å². The lowest BCUT2D eigenvalue weighted by Crippen LogP contribution is -2.33. The van der Waals surface area contributed by atoms with Crippen LogP contribution in [0.5, 0.6) is 0 Å². The standard InChI is InChI=1S/C15H19F3N2/c16-15(17,18)12-3-1-11(2-4-12)9-20-8-7-14(10-20)19-13-5-6-13/h1-4,13-14,19H,5-10H2. The summed E-state index contributed by atoms with van der Waals surface area (Å²) in [5.41, 5.74) is 0.376. The highest BCUT2D eigenvalue weighted by Crippen LogP contribution is 2.29. The van der Waals surface area contributed by atoms with Crippen molar-refractivity contribution in [3.05, 3.63) is 35.4 Å². The number of halogens is 3. The Labute approximate surface area is 117 Å². The van der Waals surface area contributed by atoms with E-state index in [1.165, 1.54) is 25.0 Å². The average Bonchev–Trinajstić information content (AvgIpc) is 3.09. The minimum atomic E-state index is -4.24. The first-order chi connectivity index (χ1) is 9.50. The van der Waals surface area contributed by atoms with E-state index in [9.17, 15) is 13.2 Å². The lowest BCUT2D eigenvalue weighted by molar-refractivity contribution is -0.137. The first-order valence-electron chi connectivity index (χ1n) is 7.15. The van der Waals surface area contributed by atoms with Crippen LogP contribution in [-0.4, -0.2) is 30.1 Å². The predicted octanol–water partition coefficient (Wildman–Crippen LogP) is 3.03. The number of alkyl halides is 3. The van der Waals surface area contributed by atoms with Gasteiger partial charge in [-0.3, -0.25) is 4.90 Å². The normalized spacial score (nSPS) is 24.2. The minimum Gasteiger partial charge on any atom is -0.310 e. The van der Waals surface area contributed by atoms with Gasteiger partial charge in [0.1, 0.15) is 0 Å². The van der Waals surface area contributed by atoms with Crippen LogP contribution in [0.4, 0.5) is 13.2 Å². The summed E-state index contributed by atoms with van der Waals surface area (Å²) >= 11 is 0. The molecule has 2 nitrogen and oxygen atoms in total. The molecule has 1 aliphatic carbocycles. The van der Waals surface area contributed by atoms with Crippen LogP contribution in [0.2, 0.25) is 0 Å². The van der Waals surface area contributed by atoms with E-state index in [-0.39, 0.29) is 0 Å². The van der Waals surface area contributed by atoms with E-state index in [0.29, 0.717) is 12.1 Å². The van der Waals surface area contributed by atoms with E-state index in [0.717, 1.165) is 31.6 Å². The second kappa shape index (κ2) is 5.37. The molecule has 110 valence electrons. The van der Waals surface area contributed by atoms with E-state index >= 15 is 0 Å². The molecule has 1 aromatic carbocycles. The highest BCUT2D eigenvalue weighted by Gasteiger charge is 2.31. The van der Waals surface area contributed by atoms with Gasteiger partial charge in [-0.1, -0.05) is 12.1 Å². The Balaban J connectivity index is 1.53. The quantitative estimate of drug-likeness (QED) is 0.914. The van der Waals surface area contributed by atoms with Crippen molar-refractivity contribution in [1.29, 1.82) is 0 Å². The van der Waals surface area contributed by atoms with Gasteiger partial charge in [0.15, 0.2) is 0 Å². The molecule has 1 N–H and O–H groups in total. The van der Waals surface area contributed by atoms with Crippen LogP contribution in [-0.2, 0) is 12.7 Å². The van der Waals surface area contributed by atoms with Crippen molar-refractivity contribution in [3.63, 3.8) is 0 Å².